The number of hydrogen-bond acceptors (Lipinski definition) is 3. The van der Waals surface area contributed by atoms with Gasteiger partial charge < -0.3 is 9.47 Å². The molecule has 0 atom stereocenters. The molecule has 0 aromatic heterocycles. The van der Waals surface area contributed by atoms with Crippen molar-refractivity contribution in [1.29, 1.82) is 0 Å². The van der Waals surface area contributed by atoms with Gasteiger partial charge in [0.25, 0.3) is 0 Å². The average Bonchev–Trinajstić information content (AvgIpc) is 3.08. The second-order valence-electron chi connectivity index (χ2n) is 13.7. The number of hydrogen-bond donors (Lipinski definition) is 0. The van der Waals surface area contributed by atoms with Gasteiger partial charge in [-0.3, -0.25) is 0 Å². The molecule has 2 nitrogen and oxygen atoms in total. The van der Waals surface area contributed by atoms with Crippen molar-refractivity contribution in [2.24, 2.45) is 0 Å². The third-order valence-corrected chi connectivity index (χ3v) is 9.54. The molecule has 0 aliphatic carbocycles. The third-order valence-electron chi connectivity index (χ3n) is 9.17. The number of thiocarbonyl (C=S) groups is 1. The Morgan fingerprint density at radius 1 is 0.511 bits per heavy atom. The van der Waals surface area contributed by atoms with Crippen molar-refractivity contribution in [3.05, 3.63) is 65.2 Å². The van der Waals surface area contributed by atoms with Gasteiger partial charge in [-0.1, -0.05) is 192 Å². The van der Waals surface area contributed by atoms with Gasteiger partial charge in [0.1, 0.15) is 11.5 Å². The van der Waals surface area contributed by atoms with E-state index >= 15 is 0 Å². The van der Waals surface area contributed by atoms with Gasteiger partial charge in [-0.25, -0.2) is 0 Å². The molecule has 0 amide bonds. The third kappa shape index (κ3) is 21.5. The smallest absolute Gasteiger partial charge is 0.123 e. The molecule has 0 bridgehead atoms. The zero-order valence-corrected chi connectivity index (χ0v) is 31.6. The molecule has 0 saturated heterocycles. The Morgan fingerprint density at radius 2 is 0.915 bits per heavy atom. The van der Waals surface area contributed by atoms with Crippen LogP contribution in [0.4, 0.5) is 0 Å². The van der Waals surface area contributed by atoms with Crippen molar-refractivity contribution in [2.75, 3.05) is 13.2 Å². The first-order chi connectivity index (χ1) is 23.2. The molecule has 0 heterocycles. The minimum Gasteiger partial charge on any atom is -0.493 e. The van der Waals surface area contributed by atoms with Crippen LogP contribution in [0.2, 0.25) is 0 Å². The molecular weight excluding hydrogens is 593 g/mol. The Labute approximate surface area is 296 Å². The predicted molar refractivity (Wildman–Crippen MR) is 212 cm³/mol. The van der Waals surface area contributed by atoms with E-state index in [4.69, 9.17) is 21.7 Å². The fraction of sp³-hybridized carbons (Fsp3) is 0.659. The second kappa shape index (κ2) is 28.8. The molecular formula is C44H70O2S. The molecule has 47 heavy (non-hydrogen) atoms. The molecule has 264 valence electrons. The van der Waals surface area contributed by atoms with Crippen molar-refractivity contribution in [2.45, 2.75) is 175 Å². The Bertz CT molecular complexity index is 1030. The minimum absolute atomic E-state index is 0.725. The lowest BCUT2D eigenvalue weighted by atomic mass is 10.0. The van der Waals surface area contributed by atoms with Crippen LogP contribution < -0.4 is 9.47 Å². The number of rotatable bonds is 31. The van der Waals surface area contributed by atoms with Gasteiger partial charge in [-0.05, 0) is 60.6 Å². The van der Waals surface area contributed by atoms with Gasteiger partial charge in [0.05, 0.1) is 13.2 Å². The maximum Gasteiger partial charge on any atom is 0.123 e. The molecule has 0 N–H and O–H groups in total. The number of allylic oxidation sites excluding steroid dienone is 1. The Hall–Kier alpha value is -2.13. The van der Waals surface area contributed by atoms with E-state index < -0.39 is 0 Å². The summed E-state index contributed by atoms with van der Waals surface area (Å²) in [7, 11) is 0. The van der Waals surface area contributed by atoms with Gasteiger partial charge >= 0.3 is 0 Å². The van der Waals surface area contributed by atoms with Crippen LogP contribution in [0.25, 0.3) is 6.08 Å². The first-order valence-corrected chi connectivity index (χ1v) is 20.3. The normalized spacial score (nSPS) is 11.4. The van der Waals surface area contributed by atoms with E-state index in [1.54, 1.807) is 0 Å². The molecule has 2 aromatic carbocycles. The lowest BCUT2D eigenvalue weighted by Crippen LogP contribution is -2.00. The summed E-state index contributed by atoms with van der Waals surface area (Å²) in [5.41, 5.74) is 3.56. The molecule has 0 aliphatic heterocycles. The molecule has 0 radical (unpaired) electrons. The summed E-state index contributed by atoms with van der Waals surface area (Å²) in [6.07, 6.45) is 36.6. The Morgan fingerprint density at radius 3 is 1.34 bits per heavy atom. The van der Waals surface area contributed by atoms with Crippen LogP contribution in [0.1, 0.15) is 185 Å². The van der Waals surface area contributed by atoms with E-state index in [1.165, 1.54) is 128 Å². The first-order valence-electron chi connectivity index (χ1n) is 19.9. The molecule has 2 aromatic rings. The van der Waals surface area contributed by atoms with Crippen LogP contribution in [-0.4, -0.2) is 18.1 Å². The molecule has 3 heteroatoms. The summed E-state index contributed by atoms with van der Waals surface area (Å²) >= 11 is 5.77. The lowest BCUT2D eigenvalue weighted by Gasteiger charge is -2.11. The first kappa shape index (κ1) is 41.0. The van der Waals surface area contributed by atoms with E-state index in [1.807, 2.05) is 12.1 Å². The van der Waals surface area contributed by atoms with Crippen molar-refractivity contribution >= 4 is 23.2 Å². The Balaban J connectivity index is 1.56. The SMILES string of the molecule is CCCCCCCCCCCCCCCCCCCCCc1ccc(C(=S)C=Cc2cc(OCCCC)cc(OCCCC)c2)cc1. The summed E-state index contributed by atoms with van der Waals surface area (Å²) in [5.74, 6) is 1.72. The zero-order valence-electron chi connectivity index (χ0n) is 30.8. The summed E-state index contributed by atoms with van der Waals surface area (Å²) in [6.45, 7) is 8.11. The van der Waals surface area contributed by atoms with E-state index in [2.05, 4.69) is 63.2 Å². The van der Waals surface area contributed by atoms with Crippen LogP contribution in [0.5, 0.6) is 11.5 Å². The van der Waals surface area contributed by atoms with Crippen LogP contribution in [-0.2, 0) is 6.42 Å². The molecule has 0 saturated carbocycles. The average molecular weight is 663 g/mol. The maximum atomic E-state index is 5.99. The number of ether oxygens (including phenoxy) is 2. The summed E-state index contributed by atoms with van der Waals surface area (Å²) < 4.78 is 12.0. The van der Waals surface area contributed by atoms with Gasteiger partial charge in [-0.15, -0.1) is 0 Å². The fourth-order valence-corrected chi connectivity index (χ4v) is 6.24. The highest BCUT2D eigenvalue weighted by Crippen LogP contribution is 2.25. The van der Waals surface area contributed by atoms with Gasteiger partial charge in [-0.2, -0.15) is 0 Å². The Kier molecular flexibility index (Phi) is 25.2. The quantitative estimate of drug-likeness (QED) is 0.0346. The van der Waals surface area contributed by atoms with Crippen molar-refractivity contribution < 1.29 is 9.47 Å². The van der Waals surface area contributed by atoms with E-state index in [0.717, 1.165) is 72.8 Å². The van der Waals surface area contributed by atoms with Gasteiger partial charge in [0, 0.05) is 10.9 Å². The highest BCUT2D eigenvalue weighted by atomic mass is 32.1. The van der Waals surface area contributed by atoms with Crippen molar-refractivity contribution in [1.82, 2.24) is 0 Å². The summed E-state index contributed by atoms with van der Waals surface area (Å²) in [6, 6.07) is 15.0. The highest BCUT2D eigenvalue weighted by Gasteiger charge is 2.04. The van der Waals surface area contributed by atoms with Crippen LogP contribution >= 0.6 is 12.2 Å². The number of benzene rings is 2. The highest BCUT2D eigenvalue weighted by molar-refractivity contribution is 7.81. The molecule has 2 rings (SSSR count). The summed E-state index contributed by atoms with van der Waals surface area (Å²) in [5, 5.41) is 0. The topological polar surface area (TPSA) is 18.5 Å². The van der Waals surface area contributed by atoms with E-state index in [0.29, 0.717) is 0 Å². The van der Waals surface area contributed by atoms with E-state index in [-0.39, 0.29) is 0 Å². The molecule has 0 fully saturated rings. The zero-order chi connectivity index (χ0) is 33.6. The van der Waals surface area contributed by atoms with Crippen LogP contribution in [0, 0.1) is 0 Å². The number of aryl methyl sites for hydroxylation is 1. The van der Waals surface area contributed by atoms with E-state index in [9.17, 15) is 0 Å². The molecule has 0 aliphatic rings. The maximum absolute atomic E-state index is 5.99. The number of unbranched alkanes of at least 4 members (excludes halogenated alkanes) is 20. The monoisotopic (exact) mass is 663 g/mol. The second-order valence-corrected chi connectivity index (χ2v) is 14.1. The fourth-order valence-electron chi connectivity index (χ4n) is 6.04. The van der Waals surface area contributed by atoms with Crippen molar-refractivity contribution in [3.8, 4) is 11.5 Å². The van der Waals surface area contributed by atoms with Crippen molar-refractivity contribution in [3.63, 3.8) is 0 Å². The van der Waals surface area contributed by atoms with Crippen LogP contribution in [0.15, 0.2) is 48.5 Å². The molecule has 0 spiro atoms. The van der Waals surface area contributed by atoms with Gasteiger partial charge in [0.2, 0.25) is 0 Å². The minimum atomic E-state index is 0.725. The largest absolute Gasteiger partial charge is 0.493 e. The van der Waals surface area contributed by atoms with Crippen LogP contribution in [0.3, 0.4) is 0 Å². The molecule has 0 unspecified atom stereocenters. The standard InChI is InChI=1S/C44H70O2S/c1-4-7-10-11-12-13-14-15-16-17-18-19-20-21-22-23-24-25-26-27-39-28-31-41(32-29-39)44(47)33-30-40-36-42(45-34-8-5-2)38-43(37-40)46-35-9-6-3/h28-33,36-38H,4-27,34-35H2,1-3H3. The summed E-state index contributed by atoms with van der Waals surface area (Å²) in [4.78, 5) is 0.853. The lowest BCUT2D eigenvalue weighted by molar-refractivity contribution is 0.294. The van der Waals surface area contributed by atoms with Gasteiger partial charge in [0.15, 0.2) is 0 Å². The predicted octanol–water partition coefficient (Wildman–Crippen LogP) is 14.5.